The molecule has 110 valence electrons. The van der Waals surface area contributed by atoms with Gasteiger partial charge in [-0.25, -0.2) is 9.97 Å². The minimum Gasteiger partial charge on any atom is -0.383 e. The molecule has 0 saturated heterocycles. The fraction of sp³-hybridized carbons (Fsp3) is 0.286. The normalized spacial score (nSPS) is 14.3. The molecule has 0 amide bonds. The van der Waals surface area contributed by atoms with Crippen LogP contribution in [0.2, 0.25) is 5.02 Å². The number of hydrogen-bond acceptors (Lipinski definition) is 6. The van der Waals surface area contributed by atoms with Crippen LogP contribution < -0.4 is 16.8 Å². The van der Waals surface area contributed by atoms with Gasteiger partial charge in [0.1, 0.15) is 11.6 Å². The van der Waals surface area contributed by atoms with Gasteiger partial charge in [-0.3, -0.25) is 0 Å². The van der Waals surface area contributed by atoms with Crippen LogP contribution >= 0.6 is 23.4 Å². The Kier molecular flexibility index (Phi) is 4.19. The molecule has 5 nitrogen and oxygen atoms in total. The lowest BCUT2D eigenvalue weighted by Crippen LogP contribution is -2.16. The van der Waals surface area contributed by atoms with Crippen molar-refractivity contribution < 1.29 is 0 Å². The van der Waals surface area contributed by atoms with E-state index in [1.165, 1.54) is 30.7 Å². The maximum absolute atomic E-state index is 6.32. The Balaban J connectivity index is 1.84. The number of nitrogens with one attached hydrogen (secondary N) is 1. The predicted octanol–water partition coefficient (Wildman–Crippen LogP) is 2.70. The van der Waals surface area contributed by atoms with Crippen LogP contribution in [0, 0.1) is 0 Å². The van der Waals surface area contributed by atoms with Crippen molar-refractivity contribution in [1.29, 1.82) is 0 Å². The summed E-state index contributed by atoms with van der Waals surface area (Å²) in [6, 6.07) is 7.98. The molecular formula is C14H16ClN5S. The number of nitrogens with two attached hydrogens (primary N) is 2. The van der Waals surface area contributed by atoms with E-state index in [4.69, 9.17) is 23.1 Å². The Bertz CT molecular complexity index is 640. The van der Waals surface area contributed by atoms with Crippen LogP contribution in [0.1, 0.15) is 18.4 Å². The monoisotopic (exact) mass is 321 g/mol. The third-order valence-electron chi connectivity index (χ3n) is 3.17. The van der Waals surface area contributed by atoms with E-state index >= 15 is 0 Å². The lowest BCUT2D eigenvalue weighted by Gasteiger charge is -2.11. The van der Waals surface area contributed by atoms with E-state index in [0.29, 0.717) is 22.8 Å². The number of nitrogen functional groups attached to an aromatic ring is 2. The van der Waals surface area contributed by atoms with Gasteiger partial charge in [-0.1, -0.05) is 17.7 Å². The standard InChI is InChI=1S/C14H16ClN5S/c15-10-2-1-3-11(9(10)7-18-8-4-5-8)21-14-19-12(16)6-13(17)20-14/h1-3,6,8,18H,4-5,7H2,(H4,16,17,19,20). The van der Waals surface area contributed by atoms with Gasteiger partial charge in [0, 0.05) is 28.6 Å². The highest BCUT2D eigenvalue weighted by molar-refractivity contribution is 7.99. The summed E-state index contributed by atoms with van der Waals surface area (Å²) in [7, 11) is 0. The number of rotatable bonds is 5. The molecule has 5 N–H and O–H groups in total. The number of benzene rings is 1. The first kappa shape index (κ1) is 14.4. The van der Waals surface area contributed by atoms with Crippen LogP contribution in [-0.4, -0.2) is 16.0 Å². The second kappa shape index (κ2) is 6.09. The molecule has 1 saturated carbocycles. The molecule has 21 heavy (non-hydrogen) atoms. The molecule has 2 aromatic rings. The molecule has 1 fully saturated rings. The molecule has 1 aliphatic carbocycles. The van der Waals surface area contributed by atoms with Crippen molar-refractivity contribution in [2.75, 3.05) is 11.5 Å². The number of halogens is 1. The predicted molar refractivity (Wildman–Crippen MR) is 86.3 cm³/mol. The first-order valence-corrected chi connectivity index (χ1v) is 7.90. The van der Waals surface area contributed by atoms with Crippen LogP contribution in [0.5, 0.6) is 0 Å². The van der Waals surface area contributed by atoms with Crippen molar-refractivity contribution in [2.24, 2.45) is 0 Å². The lowest BCUT2D eigenvalue weighted by molar-refractivity contribution is 0.680. The summed E-state index contributed by atoms with van der Waals surface area (Å²) in [6.07, 6.45) is 2.48. The maximum Gasteiger partial charge on any atom is 0.196 e. The molecule has 0 spiro atoms. The molecule has 7 heteroatoms. The molecule has 1 aromatic carbocycles. The van der Waals surface area contributed by atoms with Crippen LogP contribution in [0.25, 0.3) is 0 Å². The minimum atomic E-state index is 0.365. The molecular weight excluding hydrogens is 306 g/mol. The van der Waals surface area contributed by atoms with Crippen molar-refractivity contribution in [2.45, 2.75) is 35.5 Å². The van der Waals surface area contributed by atoms with Gasteiger partial charge in [0.25, 0.3) is 0 Å². The molecule has 0 aliphatic heterocycles. The number of anilines is 2. The molecule has 0 radical (unpaired) electrons. The van der Waals surface area contributed by atoms with Crippen LogP contribution in [0.15, 0.2) is 34.3 Å². The smallest absolute Gasteiger partial charge is 0.196 e. The summed E-state index contributed by atoms with van der Waals surface area (Å²) in [5.74, 6) is 0.731. The first-order chi connectivity index (χ1) is 10.1. The van der Waals surface area contributed by atoms with E-state index in [1.54, 1.807) is 0 Å². The first-order valence-electron chi connectivity index (χ1n) is 6.70. The van der Waals surface area contributed by atoms with Gasteiger partial charge in [-0.05, 0) is 42.3 Å². The average molecular weight is 322 g/mol. The van der Waals surface area contributed by atoms with Gasteiger partial charge < -0.3 is 16.8 Å². The van der Waals surface area contributed by atoms with Gasteiger partial charge in [0.2, 0.25) is 0 Å². The van der Waals surface area contributed by atoms with E-state index < -0.39 is 0 Å². The second-order valence-corrected chi connectivity index (χ2v) is 6.39. The zero-order chi connectivity index (χ0) is 14.8. The van der Waals surface area contributed by atoms with E-state index in [2.05, 4.69) is 15.3 Å². The van der Waals surface area contributed by atoms with Crippen LogP contribution in [0.3, 0.4) is 0 Å². The van der Waals surface area contributed by atoms with Crippen molar-refractivity contribution in [1.82, 2.24) is 15.3 Å². The van der Waals surface area contributed by atoms with Crippen molar-refractivity contribution in [3.63, 3.8) is 0 Å². The topological polar surface area (TPSA) is 89.9 Å². The summed E-state index contributed by atoms with van der Waals surface area (Å²) >= 11 is 7.74. The number of aromatic nitrogens is 2. The third-order valence-corrected chi connectivity index (χ3v) is 4.49. The Labute approximate surface area is 132 Å². The summed E-state index contributed by atoms with van der Waals surface area (Å²) in [6.45, 7) is 0.741. The van der Waals surface area contributed by atoms with E-state index in [0.717, 1.165) is 22.0 Å². The highest BCUT2D eigenvalue weighted by atomic mass is 35.5. The van der Waals surface area contributed by atoms with Gasteiger partial charge in [-0.15, -0.1) is 0 Å². The molecule has 0 unspecified atom stereocenters. The van der Waals surface area contributed by atoms with E-state index in [1.807, 2.05) is 18.2 Å². The molecule has 3 rings (SSSR count). The third kappa shape index (κ3) is 3.78. The maximum atomic E-state index is 6.32. The Hall–Kier alpha value is -1.50. The fourth-order valence-corrected chi connectivity index (χ4v) is 3.19. The van der Waals surface area contributed by atoms with E-state index in [-0.39, 0.29) is 0 Å². The van der Waals surface area contributed by atoms with Gasteiger partial charge in [-0.2, -0.15) is 0 Å². The molecule has 1 aromatic heterocycles. The van der Waals surface area contributed by atoms with Crippen molar-refractivity contribution in [3.05, 3.63) is 34.9 Å². The zero-order valence-corrected chi connectivity index (χ0v) is 12.9. The number of hydrogen-bond donors (Lipinski definition) is 3. The molecule has 1 heterocycles. The van der Waals surface area contributed by atoms with Crippen molar-refractivity contribution in [3.8, 4) is 0 Å². The van der Waals surface area contributed by atoms with Crippen LogP contribution in [-0.2, 0) is 6.54 Å². The summed E-state index contributed by atoms with van der Waals surface area (Å²) < 4.78 is 0. The van der Waals surface area contributed by atoms with Crippen LogP contribution in [0.4, 0.5) is 11.6 Å². The van der Waals surface area contributed by atoms with E-state index in [9.17, 15) is 0 Å². The Morgan fingerprint density at radius 2 is 1.95 bits per heavy atom. The molecule has 1 aliphatic rings. The summed E-state index contributed by atoms with van der Waals surface area (Å²) in [5.41, 5.74) is 12.5. The Morgan fingerprint density at radius 3 is 2.62 bits per heavy atom. The molecule has 0 bridgehead atoms. The van der Waals surface area contributed by atoms with Gasteiger partial charge >= 0.3 is 0 Å². The highest BCUT2D eigenvalue weighted by Gasteiger charge is 2.21. The minimum absolute atomic E-state index is 0.365. The number of nitrogens with zero attached hydrogens (tertiary/aromatic N) is 2. The lowest BCUT2D eigenvalue weighted by atomic mass is 10.2. The SMILES string of the molecule is Nc1cc(N)nc(Sc2cccc(Cl)c2CNC2CC2)n1. The van der Waals surface area contributed by atoms with Gasteiger partial charge in [0.15, 0.2) is 5.16 Å². The average Bonchev–Trinajstić information content (AvgIpc) is 3.21. The second-order valence-electron chi connectivity index (χ2n) is 4.97. The summed E-state index contributed by atoms with van der Waals surface area (Å²) in [5, 5.41) is 4.75. The Morgan fingerprint density at radius 1 is 1.24 bits per heavy atom. The van der Waals surface area contributed by atoms with Crippen molar-refractivity contribution >= 4 is 35.0 Å². The van der Waals surface area contributed by atoms with Gasteiger partial charge in [0.05, 0.1) is 0 Å². The molecule has 0 atom stereocenters. The summed E-state index contributed by atoms with van der Waals surface area (Å²) in [4.78, 5) is 9.40. The quantitative estimate of drug-likeness (QED) is 0.734. The fourth-order valence-electron chi connectivity index (χ4n) is 1.95. The highest BCUT2D eigenvalue weighted by Crippen LogP contribution is 2.33. The zero-order valence-electron chi connectivity index (χ0n) is 11.3. The largest absolute Gasteiger partial charge is 0.383 e.